The lowest BCUT2D eigenvalue weighted by molar-refractivity contribution is 0.0695. The number of carbonyl (C=O) groups is 2. The Balaban J connectivity index is 1.47. The summed E-state index contributed by atoms with van der Waals surface area (Å²) >= 11 is 13.4. The van der Waals surface area contributed by atoms with E-state index in [1.807, 2.05) is 76.7 Å². The van der Waals surface area contributed by atoms with Crippen molar-refractivity contribution in [2.45, 2.75) is 66.8 Å². The first-order valence-electron chi connectivity index (χ1n) is 16.3. The lowest BCUT2D eigenvalue weighted by Gasteiger charge is -2.22. The minimum absolute atomic E-state index is 0.115. The number of anilines is 1. The first kappa shape index (κ1) is 33.6. The molecule has 0 spiro atoms. The van der Waals surface area contributed by atoms with Crippen LogP contribution in [0.2, 0.25) is 10.0 Å². The number of hydrogen-bond donors (Lipinski definition) is 1. The maximum atomic E-state index is 14.8. The molecule has 0 bridgehead atoms. The molecular weight excluding hydrogens is 647 g/mol. The summed E-state index contributed by atoms with van der Waals surface area (Å²) in [4.78, 5) is 28.4. The van der Waals surface area contributed by atoms with Gasteiger partial charge in [-0.05, 0) is 112 Å². The Kier molecular flexibility index (Phi) is 9.33. The highest BCUT2D eigenvalue weighted by Crippen LogP contribution is 2.43. The zero-order valence-electron chi connectivity index (χ0n) is 28.2. The molecule has 5 aromatic rings. The lowest BCUT2D eigenvalue weighted by Crippen LogP contribution is -2.32. The van der Waals surface area contributed by atoms with E-state index in [-0.39, 0.29) is 11.5 Å². The van der Waals surface area contributed by atoms with E-state index in [0.717, 1.165) is 60.9 Å². The van der Waals surface area contributed by atoms with Gasteiger partial charge >= 0.3 is 5.97 Å². The van der Waals surface area contributed by atoms with E-state index >= 15 is 0 Å². The van der Waals surface area contributed by atoms with Crippen LogP contribution in [0.5, 0.6) is 5.75 Å². The summed E-state index contributed by atoms with van der Waals surface area (Å²) in [5.74, 6) is -0.319. The molecule has 1 aliphatic heterocycles. The normalized spacial score (nSPS) is 13.2. The molecule has 48 heavy (non-hydrogen) atoms. The van der Waals surface area contributed by atoms with E-state index in [9.17, 15) is 14.7 Å². The van der Waals surface area contributed by atoms with E-state index in [1.165, 1.54) is 0 Å². The Morgan fingerprint density at radius 2 is 1.73 bits per heavy atom. The maximum absolute atomic E-state index is 14.8. The topological polar surface area (TPSA) is 89.6 Å². The van der Waals surface area contributed by atoms with Gasteiger partial charge in [0.1, 0.15) is 11.4 Å². The summed E-state index contributed by atoms with van der Waals surface area (Å²) in [6.07, 6.45) is 2.53. The molecule has 0 saturated carbocycles. The second-order valence-corrected chi connectivity index (χ2v) is 13.4. The highest BCUT2D eigenvalue weighted by Gasteiger charge is 2.32. The average molecular weight is 688 g/mol. The molecule has 1 aliphatic rings. The van der Waals surface area contributed by atoms with Gasteiger partial charge in [0.15, 0.2) is 0 Å². The van der Waals surface area contributed by atoms with Crippen LogP contribution in [0.1, 0.15) is 74.3 Å². The van der Waals surface area contributed by atoms with Crippen LogP contribution in [-0.4, -0.2) is 44.5 Å². The fourth-order valence-electron chi connectivity index (χ4n) is 7.13. The number of carboxylic acid groups (broad SMARTS) is 1. The number of amides is 1. The van der Waals surface area contributed by atoms with Crippen molar-refractivity contribution in [2.75, 3.05) is 18.1 Å². The molecule has 0 fully saturated rings. The number of carboxylic acids is 1. The smallest absolute Gasteiger partial charge is 0.335 e. The molecule has 2 aromatic heterocycles. The third-order valence-electron chi connectivity index (χ3n) is 9.51. The fourth-order valence-corrected chi connectivity index (χ4v) is 7.48. The average Bonchev–Trinajstić information content (AvgIpc) is 3.42. The molecule has 0 radical (unpaired) electrons. The zero-order chi connectivity index (χ0) is 34.4. The molecule has 10 heteroatoms. The molecule has 0 saturated heterocycles. The number of ether oxygens (including phenoxy) is 1. The van der Waals surface area contributed by atoms with Crippen LogP contribution in [0.4, 0.5) is 5.69 Å². The quantitative estimate of drug-likeness (QED) is 0.156. The SMILES string of the molecule is CCc1cc(N2CCCn3c(c(CCCOc4cc(C)c(Cl)c(C)c4)c4ccc(Cl)c(-c5c(C)nn(C)c5C)c43)C2=O)ccc1C(=O)O. The van der Waals surface area contributed by atoms with Crippen molar-refractivity contribution in [3.05, 3.63) is 97.4 Å². The second-order valence-electron chi connectivity index (χ2n) is 12.6. The van der Waals surface area contributed by atoms with Gasteiger partial charge in [-0.25, -0.2) is 4.79 Å². The number of aromatic nitrogens is 3. The Labute approximate surface area is 290 Å². The van der Waals surface area contributed by atoms with Crippen LogP contribution in [-0.2, 0) is 26.4 Å². The van der Waals surface area contributed by atoms with Crippen LogP contribution in [0.3, 0.4) is 0 Å². The fraction of sp³-hybridized carbons (Fsp3) is 0.342. The monoisotopic (exact) mass is 686 g/mol. The number of carbonyl (C=O) groups excluding carboxylic acids is 1. The van der Waals surface area contributed by atoms with Gasteiger partial charge in [-0.2, -0.15) is 5.10 Å². The number of hydrogen-bond acceptors (Lipinski definition) is 4. The molecule has 0 unspecified atom stereocenters. The van der Waals surface area contributed by atoms with E-state index in [2.05, 4.69) is 9.67 Å². The van der Waals surface area contributed by atoms with E-state index < -0.39 is 5.97 Å². The van der Waals surface area contributed by atoms with E-state index in [4.69, 9.17) is 27.9 Å². The predicted octanol–water partition coefficient (Wildman–Crippen LogP) is 8.90. The number of halogens is 2. The molecule has 8 nitrogen and oxygen atoms in total. The highest BCUT2D eigenvalue weighted by atomic mass is 35.5. The minimum atomic E-state index is -0.973. The number of nitrogens with zero attached hydrogens (tertiary/aromatic N) is 4. The first-order chi connectivity index (χ1) is 22.9. The highest BCUT2D eigenvalue weighted by molar-refractivity contribution is 6.35. The van der Waals surface area contributed by atoms with E-state index in [1.54, 1.807) is 17.0 Å². The van der Waals surface area contributed by atoms with Gasteiger partial charge in [0.05, 0.1) is 28.4 Å². The maximum Gasteiger partial charge on any atom is 0.335 e. The Morgan fingerprint density at radius 3 is 2.38 bits per heavy atom. The predicted molar refractivity (Wildman–Crippen MR) is 192 cm³/mol. The summed E-state index contributed by atoms with van der Waals surface area (Å²) in [6, 6.07) is 13.0. The van der Waals surface area contributed by atoms with Gasteiger partial charge in [0.25, 0.3) is 5.91 Å². The largest absolute Gasteiger partial charge is 0.494 e. The summed E-state index contributed by atoms with van der Waals surface area (Å²) in [5, 5.41) is 16.7. The number of benzene rings is 3. The van der Waals surface area contributed by atoms with Gasteiger partial charge in [-0.1, -0.05) is 36.2 Å². The third kappa shape index (κ3) is 5.86. The molecule has 3 aromatic carbocycles. The third-order valence-corrected chi connectivity index (χ3v) is 10.4. The molecule has 3 heterocycles. The van der Waals surface area contributed by atoms with Crippen molar-refractivity contribution in [3.8, 4) is 16.9 Å². The van der Waals surface area contributed by atoms with Gasteiger partial charge in [-0.15, -0.1) is 0 Å². The second kappa shape index (κ2) is 13.3. The van der Waals surface area contributed by atoms with E-state index in [0.29, 0.717) is 67.3 Å². The standard InChI is InChI=1S/C38H40Cl2N4O4/c1-7-25-20-26(11-12-28(25)38(46)47)43-15-9-16-44-35-30(13-14-31(39)33(35)32-23(4)41-42(6)24(32)5)29(36(44)37(43)45)10-8-17-48-27-18-21(2)34(40)22(3)19-27/h11-14,18-20H,7-10,15-17H2,1-6H3,(H,46,47). The van der Waals surface area contributed by atoms with Crippen molar-refractivity contribution in [2.24, 2.45) is 7.05 Å². The Hall–Kier alpha value is -4.27. The summed E-state index contributed by atoms with van der Waals surface area (Å²) in [5.41, 5.74) is 9.81. The number of rotatable bonds is 9. The van der Waals surface area contributed by atoms with Crippen molar-refractivity contribution < 1.29 is 19.4 Å². The van der Waals surface area contributed by atoms with Gasteiger partial charge < -0.3 is 19.3 Å². The number of aromatic carboxylic acids is 1. The van der Waals surface area contributed by atoms with Crippen LogP contribution >= 0.6 is 23.2 Å². The number of fused-ring (bicyclic) bond motifs is 3. The minimum Gasteiger partial charge on any atom is -0.494 e. The van der Waals surface area contributed by atoms with Crippen molar-refractivity contribution in [1.29, 1.82) is 0 Å². The Morgan fingerprint density at radius 1 is 1.00 bits per heavy atom. The molecule has 6 rings (SSSR count). The van der Waals surface area contributed by atoms with Gasteiger partial charge in [0.2, 0.25) is 0 Å². The van der Waals surface area contributed by atoms with Crippen molar-refractivity contribution >= 4 is 51.7 Å². The van der Waals surface area contributed by atoms with Gasteiger partial charge in [0, 0.05) is 53.1 Å². The molecule has 1 amide bonds. The van der Waals surface area contributed by atoms with Crippen molar-refractivity contribution in [1.82, 2.24) is 14.3 Å². The molecular formula is C38H40Cl2N4O4. The Bertz CT molecular complexity index is 2070. The molecule has 1 N–H and O–H groups in total. The molecule has 250 valence electrons. The lowest BCUT2D eigenvalue weighted by atomic mass is 9.98. The molecule has 0 aliphatic carbocycles. The summed E-state index contributed by atoms with van der Waals surface area (Å²) in [6.45, 7) is 11.5. The van der Waals surface area contributed by atoms with Crippen LogP contribution < -0.4 is 9.64 Å². The van der Waals surface area contributed by atoms with Crippen LogP contribution in [0.15, 0.2) is 42.5 Å². The van der Waals surface area contributed by atoms with Crippen LogP contribution in [0, 0.1) is 27.7 Å². The van der Waals surface area contributed by atoms with Gasteiger partial charge in [-0.3, -0.25) is 9.48 Å². The van der Waals surface area contributed by atoms with Crippen LogP contribution in [0.25, 0.3) is 22.0 Å². The first-order valence-corrected chi connectivity index (χ1v) is 17.1. The summed E-state index contributed by atoms with van der Waals surface area (Å²) < 4.78 is 10.2. The zero-order valence-corrected chi connectivity index (χ0v) is 29.7. The summed E-state index contributed by atoms with van der Waals surface area (Å²) in [7, 11) is 1.93. The van der Waals surface area contributed by atoms with Crippen molar-refractivity contribution in [3.63, 3.8) is 0 Å². The molecule has 0 atom stereocenters. The number of aryl methyl sites for hydroxylation is 7.